The number of halogens is 2. The maximum atomic E-state index is 12.6. The normalized spacial score (nSPS) is 17.0. The third kappa shape index (κ3) is 5.58. The van der Waals surface area contributed by atoms with Crippen LogP contribution in [0.15, 0.2) is 54.6 Å². The number of nitrogens with one attached hydrogen (secondary N) is 1. The fraction of sp³-hybridized carbons (Fsp3) is 0.318. The summed E-state index contributed by atoms with van der Waals surface area (Å²) < 4.78 is 0. The molecule has 1 fully saturated rings. The number of anilines is 1. The third-order valence-corrected chi connectivity index (χ3v) is 5.65. The van der Waals surface area contributed by atoms with E-state index < -0.39 is 0 Å². The molecular weight excluding hydrogens is 393 g/mol. The van der Waals surface area contributed by atoms with E-state index in [0.717, 1.165) is 32.7 Å². The molecule has 2 aromatic rings. The summed E-state index contributed by atoms with van der Waals surface area (Å²) in [5.41, 5.74) is 1.69. The minimum atomic E-state index is -0.241. The molecule has 0 bridgehead atoms. The summed E-state index contributed by atoms with van der Waals surface area (Å²) in [6.45, 7) is 6.41. The zero-order chi connectivity index (χ0) is 19.9. The lowest BCUT2D eigenvalue weighted by molar-refractivity contribution is -0.121. The van der Waals surface area contributed by atoms with Gasteiger partial charge in [-0.1, -0.05) is 71.8 Å². The average Bonchev–Trinajstić information content (AvgIpc) is 2.71. The van der Waals surface area contributed by atoms with Gasteiger partial charge in [-0.3, -0.25) is 14.6 Å². The zero-order valence-corrected chi connectivity index (χ0v) is 17.5. The van der Waals surface area contributed by atoms with Gasteiger partial charge in [0.1, 0.15) is 0 Å². The average molecular weight is 418 g/mol. The van der Waals surface area contributed by atoms with E-state index in [2.05, 4.69) is 39.4 Å². The van der Waals surface area contributed by atoms with Crippen molar-refractivity contribution in [1.82, 2.24) is 9.80 Å². The number of nitrogens with zero attached hydrogens (tertiary/aromatic N) is 2. The first-order chi connectivity index (χ1) is 13.5. The van der Waals surface area contributed by atoms with Crippen LogP contribution < -0.4 is 5.32 Å². The van der Waals surface area contributed by atoms with Gasteiger partial charge < -0.3 is 5.32 Å². The second-order valence-electron chi connectivity index (χ2n) is 6.91. The van der Waals surface area contributed by atoms with Gasteiger partial charge in [-0.25, -0.2) is 0 Å². The van der Waals surface area contributed by atoms with Crippen LogP contribution in [0.1, 0.15) is 12.5 Å². The topological polar surface area (TPSA) is 35.6 Å². The third-order valence-electron chi connectivity index (χ3n) is 5.02. The molecule has 28 heavy (non-hydrogen) atoms. The molecule has 0 unspecified atom stereocenters. The highest BCUT2D eigenvalue weighted by molar-refractivity contribution is 6.39. The first-order valence-electron chi connectivity index (χ1n) is 9.47. The molecule has 1 heterocycles. The Balaban J connectivity index is 1.47. The van der Waals surface area contributed by atoms with Gasteiger partial charge in [0.2, 0.25) is 5.91 Å². The molecule has 1 aliphatic heterocycles. The molecule has 3 rings (SSSR count). The Bertz CT molecular complexity index is 798. The van der Waals surface area contributed by atoms with E-state index in [1.54, 1.807) is 18.2 Å². The van der Waals surface area contributed by atoms with Crippen LogP contribution in [-0.2, 0) is 4.79 Å². The van der Waals surface area contributed by atoms with Crippen molar-refractivity contribution in [2.24, 2.45) is 0 Å². The van der Waals surface area contributed by atoms with Crippen molar-refractivity contribution in [1.29, 1.82) is 0 Å². The SMILES string of the molecule is C[C@@H](C(=O)Nc1c(Cl)cccc1Cl)N1CCN(C/C=C/c2ccccc2)CC1. The molecule has 4 nitrogen and oxygen atoms in total. The predicted molar refractivity (Wildman–Crippen MR) is 118 cm³/mol. The van der Waals surface area contributed by atoms with E-state index in [-0.39, 0.29) is 11.9 Å². The van der Waals surface area contributed by atoms with E-state index in [1.807, 2.05) is 25.1 Å². The predicted octanol–water partition coefficient (Wildman–Crippen LogP) is 4.65. The van der Waals surface area contributed by atoms with Crippen LogP contribution in [0.5, 0.6) is 0 Å². The highest BCUT2D eigenvalue weighted by Gasteiger charge is 2.26. The second kappa shape index (κ2) is 10.1. The Hall–Kier alpha value is -1.85. The highest BCUT2D eigenvalue weighted by Crippen LogP contribution is 2.30. The van der Waals surface area contributed by atoms with Gasteiger partial charge in [-0.2, -0.15) is 0 Å². The van der Waals surface area contributed by atoms with Crippen molar-refractivity contribution in [3.05, 3.63) is 70.2 Å². The van der Waals surface area contributed by atoms with Gasteiger partial charge in [0.05, 0.1) is 21.8 Å². The van der Waals surface area contributed by atoms with Crippen molar-refractivity contribution >= 4 is 40.9 Å². The molecule has 0 aromatic heterocycles. The monoisotopic (exact) mass is 417 g/mol. The summed E-state index contributed by atoms with van der Waals surface area (Å²) >= 11 is 12.3. The Morgan fingerprint density at radius 2 is 1.68 bits per heavy atom. The van der Waals surface area contributed by atoms with Gasteiger partial charge >= 0.3 is 0 Å². The second-order valence-corrected chi connectivity index (χ2v) is 7.73. The van der Waals surface area contributed by atoms with Gasteiger partial charge in [-0.15, -0.1) is 0 Å². The first-order valence-corrected chi connectivity index (χ1v) is 10.2. The first kappa shape index (κ1) is 20.9. The van der Waals surface area contributed by atoms with Crippen LogP contribution in [-0.4, -0.2) is 54.5 Å². The van der Waals surface area contributed by atoms with Crippen LogP contribution in [0.25, 0.3) is 6.08 Å². The maximum Gasteiger partial charge on any atom is 0.241 e. The molecule has 148 valence electrons. The largest absolute Gasteiger partial charge is 0.322 e. The van der Waals surface area contributed by atoms with Crippen molar-refractivity contribution in [3.63, 3.8) is 0 Å². The van der Waals surface area contributed by atoms with Crippen LogP contribution in [0.4, 0.5) is 5.69 Å². The molecule has 2 aromatic carbocycles. The minimum Gasteiger partial charge on any atom is -0.322 e. The Labute approximate surface area is 176 Å². The smallest absolute Gasteiger partial charge is 0.241 e. The number of benzene rings is 2. The van der Waals surface area contributed by atoms with Gasteiger partial charge in [-0.05, 0) is 24.6 Å². The van der Waals surface area contributed by atoms with Crippen molar-refractivity contribution < 1.29 is 4.79 Å². The van der Waals surface area contributed by atoms with Crippen LogP contribution >= 0.6 is 23.2 Å². The van der Waals surface area contributed by atoms with E-state index >= 15 is 0 Å². The summed E-state index contributed by atoms with van der Waals surface area (Å²) in [5.74, 6) is -0.0903. The van der Waals surface area contributed by atoms with Crippen molar-refractivity contribution in [2.45, 2.75) is 13.0 Å². The van der Waals surface area contributed by atoms with Crippen molar-refractivity contribution in [3.8, 4) is 0 Å². The number of piperazine rings is 1. The molecule has 6 heteroatoms. The van der Waals surface area contributed by atoms with Crippen LogP contribution in [0.2, 0.25) is 10.0 Å². The molecule has 0 radical (unpaired) electrons. The quantitative estimate of drug-likeness (QED) is 0.742. The van der Waals surface area contributed by atoms with Gasteiger partial charge in [0, 0.05) is 32.7 Å². The Morgan fingerprint density at radius 3 is 2.32 bits per heavy atom. The van der Waals surface area contributed by atoms with Gasteiger partial charge in [0.15, 0.2) is 0 Å². The number of amides is 1. The minimum absolute atomic E-state index is 0.0903. The number of hydrogen-bond acceptors (Lipinski definition) is 3. The van der Waals surface area contributed by atoms with Crippen LogP contribution in [0.3, 0.4) is 0 Å². The lowest BCUT2D eigenvalue weighted by Gasteiger charge is -2.37. The maximum absolute atomic E-state index is 12.6. The van der Waals surface area contributed by atoms with Gasteiger partial charge in [0.25, 0.3) is 0 Å². The Morgan fingerprint density at radius 1 is 1.04 bits per heavy atom. The molecule has 0 aliphatic carbocycles. The molecule has 1 N–H and O–H groups in total. The summed E-state index contributed by atoms with van der Waals surface area (Å²) in [6, 6.07) is 15.3. The highest BCUT2D eigenvalue weighted by atomic mass is 35.5. The summed E-state index contributed by atoms with van der Waals surface area (Å²) in [6.07, 6.45) is 4.34. The van der Waals surface area contributed by atoms with Crippen molar-refractivity contribution in [2.75, 3.05) is 38.0 Å². The molecule has 0 saturated carbocycles. The summed E-state index contributed by atoms with van der Waals surface area (Å²) in [5, 5.41) is 3.76. The molecule has 1 atom stereocenters. The number of carbonyl (C=O) groups excluding carboxylic acids is 1. The lowest BCUT2D eigenvalue weighted by atomic mass is 10.2. The molecule has 1 saturated heterocycles. The molecular formula is C22H25Cl2N3O. The number of hydrogen-bond donors (Lipinski definition) is 1. The number of rotatable bonds is 6. The van der Waals surface area contributed by atoms with E-state index in [9.17, 15) is 4.79 Å². The summed E-state index contributed by atoms with van der Waals surface area (Å²) in [7, 11) is 0. The zero-order valence-electron chi connectivity index (χ0n) is 15.9. The summed E-state index contributed by atoms with van der Waals surface area (Å²) in [4.78, 5) is 17.2. The van der Waals surface area contributed by atoms with E-state index in [0.29, 0.717) is 15.7 Å². The standard InChI is InChI=1S/C22H25Cl2N3O/c1-17(22(28)25-21-19(23)10-5-11-20(21)24)27-15-13-26(14-16-27)12-6-9-18-7-3-2-4-8-18/h2-11,17H,12-16H2,1H3,(H,25,28)/b9-6+/t17-/m0/s1. The fourth-order valence-electron chi connectivity index (χ4n) is 3.25. The fourth-order valence-corrected chi connectivity index (χ4v) is 3.74. The Kier molecular flexibility index (Phi) is 7.51. The lowest BCUT2D eigenvalue weighted by Crippen LogP contribution is -2.52. The van der Waals surface area contributed by atoms with E-state index in [1.165, 1.54) is 5.56 Å². The number of carbonyl (C=O) groups is 1. The van der Waals surface area contributed by atoms with Crippen LogP contribution in [0, 0.1) is 0 Å². The number of para-hydroxylation sites is 1. The molecule has 1 amide bonds. The van der Waals surface area contributed by atoms with E-state index in [4.69, 9.17) is 23.2 Å². The molecule has 0 spiro atoms. The molecule has 1 aliphatic rings.